The van der Waals surface area contributed by atoms with Crippen molar-refractivity contribution in [3.63, 3.8) is 0 Å². The molecule has 0 saturated heterocycles. The summed E-state index contributed by atoms with van der Waals surface area (Å²) in [5.41, 5.74) is 0.926. The van der Waals surface area contributed by atoms with Crippen molar-refractivity contribution in [2.75, 3.05) is 31.8 Å². The number of amides is 1. The van der Waals surface area contributed by atoms with Crippen LogP contribution in [0, 0.1) is 0 Å². The Balaban J connectivity index is 1.86. The Morgan fingerprint density at radius 3 is 2.67 bits per heavy atom. The van der Waals surface area contributed by atoms with Crippen molar-refractivity contribution < 1.29 is 23.8 Å². The van der Waals surface area contributed by atoms with E-state index in [9.17, 15) is 9.59 Å². The number of benzene rings is 1. The van der Waals surface area contributed by atoms with Crippen molar-refractivity contribution in [3.8, 4) is 11.5 Å². The zero-order chi connectivity index (χ0) is 17.5. The van der Waals surface area contributed by atoms with E-state index in [1.165, 1.54) is 18.9 Å². The summed E-state index contributed by atoms with van der Waals surface area (Å²) in [4.78, 5) is 23.0. The minimum Gasteiger partial charge on any atom is -0.486 e. The van der Waals surface area contributed by atoms with E-state index in [4.69, 9.17) is 9.47 Å². The van der Waals surface area contributed by atoms with Gasteiger partial charge >= 0.3 is 5.97 Å². The second kappa shape index (κ2) is 9.17. The Kier molecular flexibility index (Phi) is 7.23. The average molecular weight is 418 g/mol. The van der Waals surface area contributed by atoms with Crippen LogP contribution in [0.5, 0.6) is 11.5 Å². The van der Waals surface area contributed by atoms with Crippen LogP contribution in [0.15, 0.2) is 16.6 Å². The van der Waals surface area contributed by atoms with E-state index in [2.05, 4.69) is 26.0 Å². The number of hydrogen-bond donors (Lipinski definition) is 1. The molecule has 1 unspecified atom stereocenters. The number of hydrogen-bond acceptors (Lipinski definition) is 6. The normalized spacial score (nSPS) is 14.0. The van der Waals surface area contributed by atoms with Gasteiger partial charge in [-0.25, -0.2) is 0 Å². The second-order valence-electron chi connectivity index (χ2n) is 5.19. The van der Waals surface area contributed by atoms with Crippen LogP contribution in [-0.2, 0) is 14.3 Å². The van der Waals surface area contributed by atoms with Crippen molar-refractivity contribution in [3.05, 3.63) is 22.2 Å². The van der Waals surface area contributed by atoms with Crippen LogP contribution in [0.2, 0.25) is 0 Å². The number of rotatable bonds is 7. The van der Waals surface area contributed by atoms with Gasteiger partial charge in [0.1, 0.15) is 13.2 Å². The van der Waals surface area contributed by atoms with Gasteiger partial charge in [-0.3, -0.25) is 9.59 Å². The molecular formula is C16H20BrNO5S. The molecule has 1 N–H and O–H groups in total. The number of carbonyl (C=O) groups is 2. The molecule has 0 aromatic heterocycles. The van der Waals surface area contributed by atoms with Crippen molar-refractivity contribution in [2.45, 2.75) is 19.4 Å². The van der Waals surface area contributed by atoms with E-state index in [-0.39, 0.29) is 23.7 Å². The van der Waals surface area contributed by atoms with E-state index < -0.39 is 0 Å². The maximum atomic E-state index is 12.0. The van der Waals surface area contributed by atoms with Gasteiger partial charge in [0.15, 0.2) is 11.5 Å². The standard InChI is InChI=1S/C16H20BrNO5S/c1-10(18-15(19)3-6-24-9-16(20)21-2)11-7-13-14(8-12(11)17)23-5-4-22-13/h7-8,10H,3-6,9H2,1-2H3,(H,18,19). The smallest absolute Gasteiger partial charge is 0.315 e. The molecule has 0 aliphatic carbocycles. The van der Waals surface area contributed by atoms with E-state index in [1.807, 2.05) is 19.1 Å². The predicted octanol–water partition coefficient (Wildman–Crippen LogP) is 2.69. The maximum absolute atomic E-state index is 12.0. The number of methoxy groups -OCH3 is 1. The predicted molar refractivity (Wildman–Crippen MR) is 95.6 cm³/mol. The molecule has 1 atom stereocenters. The lowest BCUT2D eigenvalue weighted by Gasteiger charge is -2.22. The lowest BCUT2D eigenvalue weighted by atomic mass is 10.1. The quantitative estimate of drug-likeness (QED) is 0.542. The number of nitrogens with one attached hydrogen (secondary N) is 1. The molecule has 1 aromatic carbocycles. The van der Waals surface area contributed by atoms with Crippen molar-refractivity contribution in [2.24, 2.45) is 0 Å². The lowest BCUT2D eigenvalue weighted by Crippen LogP contribution is -2.27. The molecule has 1 amide bonds. The fraction of sp³-hybridized carbons (Fsp3) is 0.500. The molecule has 6 nitrogen and oxygen atoms in total. The largest absolute Gasteiger partial charge is 0.486 e. The van der Waals surface area contributed by atoms with Crippen molar-refractivity contribution in [1.82, 2.24) is 5.32 Å². The summed E-state index contributed by atoms with van der Waals surface area (Å²) >= 11 is 4.89. The van der Waals surface area contributed by atoms with Crippen LogP contribution in [-0.4, -0.2) is 43.7 Å². The molecule has 1 heterocycles. The number of halogens is 1. The third kappa shape index (κ3) is 5.31. The Bertz CT molecular complexity index is 610. The van der Waals surface area contributed by atoms with Crippen molar-refractivity contribution >= 4 is 39.6 Å². The maximum Gasteiger partial charge on any atom is 0.315 e. The van der Waals surface area contributed by atoms with Crippen LogP contribution in [0.3, 0.4) is 0 Å². The molecule has 0 spiro atoms. The monoisotopic (exact) mass is 417 g/mol. The first-order valence-electron chi connectivity index (χ1n) is 7.54. The molecule has 24 heavy (non-hydrogen) atoms. The molecule has 8 heteroatoms. The minimum absolute atomic E-state index is 0.0679. The van der Waals surface area contributed by atoms with Gasteiger partial charge in [-0.05, 0) is 24.6 Å². The summed E-state index contributed by atoms with van der Waals surface area (Å²) in [6.07, 6.45) is 0.341. The highest BCUT2D eigenvalue weighted by atomic mass is 79.9. The SMILES string of the molecule is COC(=O)CSCCC(=O)NC(C)c1cc2c(cc1Br)OCCO2. The van der Waals surface area contributed by atoms with E-state index in [1.54, 1.807) is 0 Å². The van der Waals surface area contributed by atoms with E-state index >= 15 is 0 Å². The minimum atomic E-state index is -0.283. The third-order valence-corrected chi connectivity index (χ3v) is 5.05. The van der Waals surface area contributed by atoms with E-state index in [0.717, 1.165) is 10.0 Å². The molecule has 2 rings (SSSR count). The van der Waals surface area contributed by atoms with Gasteiger partial charge in [0.25, 0.3) is 0 Å². The van der Waals surface area contributed by atoms with Gasteiger partial charge in [-0.1, -0.05) is 15.9 Å². The molecule has 132 valence electrons. The van der Waals surface area contributed by atoms with Crippen LogP contribution >= 0.6 is 27.7 Å². The lowest BCUT2D eigenvalue weighted by molar-refractivity contribution is -0.137. The van der Waals surface area contributed by atoms with Gasteiger partial charge in [0.05, 0.1) is 18.9 Å². The Labute approximate surface area is 153 Å². The van der Waals surface area contributed by atoms with E-state index in [0.29, 0.717) is 36.9 Å². The number of fused-ring (bicyclic) bond motifs is 1. The first kappa shape index (κ1) is 18.9. The van der Waals surface area contributed by atoms with Gasteiger partial charge in [0.2, 0.25) is 5.91 Å². The summed E-state index contributed by atoms with van der Waals surface area (Å²) in [5, 5.41) is 2.95. The fourth-order valence-electron chi connectivity index (χ4n) is 2.18. The molecule has 0 saturated carbocycles. The van der Waals surface area contributed by atoms with Gasteiger partial charge in [-0.15, -0.1) is 11.8 Å². The average Bonchev–Trinajstić information content (AvgIpc) is 2.57. The molecule has 1 aromatic rings. The molecule has 1 aliphatic rings. The highest BCUT2D eigenvalue weighted by Crippen LogP contribution is 2.37. The fourth-order valence-corrected chi connectivity index (χ4v) is 3.61. The number of thioether (sulfide) groups is 1. The number of ether oxygens (including phenoxy) is 3. The summed E-state index contributed by atoms with van der Waals surface area (Å²) in [5.74, 6) is 1.86. The zero-order valence-electron chi connectivity index (χ0n) is 13.6. The Hall–Kier alpha value is -1.41. The molecule has 0 radical (unpaired) electrons. The highest BCUT2D eigenvalue weighted by molar-refractivity contribution is 9.10. The third-order valence-electron chi connectivity index (χ3n) is 3.43. The number of carbonyl (C=O) groups excluding carboxylic acids is 2. The Morgan fingerprint density at radius 2 is 2.00 bits per heavy atom. The summed E-state index contributed by atoms with van der Waals surface area (Å²) in [6.45, 7) is 2.97. The molecular weight excluding hydrogens is 398 g/mol. The molecule has 1 aliphatic heterocycles. The first-order chi connectivity index (χ1) is 11.5. The Morgan fingerprint density at radius 1 is 1.33 bits per heavy atom. The van der Waals surface area contributed by atoms with Crippen LogP contribution < -0.4 is 14.8 Å². The van der Waals surface area contributed by atoms with Crippen molar-refractivity contribution in [1.29, 1.82) is 0 Å². The van der Waals surface area contributed by atoms with Crippen LogP contribution in [0.1, 0.15) is 24.9 Å². The van der Waals surface area contributed by atoms with Gasteiger partial charge in [0, 0.05) is 16.6 Å². The first-order valence-corrected chi connectivity index (χ1v) is 9.49. The summed E-state index contributed by atoms with van der Waals surface area (Å²) in [6, 6.07) is 3.57. The molecule has 0 bridgehead atoms. The number of esters is 1. The van der Waals surface area contributed by atoms with Crippen LogP contribution in [0.4, 0.5) is 0 Å². The summed E-state index contributed by atoms with van der Waals surface area (Å²) in [7, 11) is 1.35. The van der Waals surface area contributed by atoms with Gasteiger partial charge in [-0.2, -0.15) is 0 Å². The zero-order valence-corrected chi connectivity index (χ0v) is 16.0. The second-order valence-corrected chi connectivity index (χ2v) is 7.14. The highest BCUT2D eigenvalue weighted by Gasteiger charge is 2.19. The topological polar surface area (TPSA) is 73.9 Å². The van der Waals surface area contributed by atoms with Gasteiger partial charge < -0.3 is 19.5 Å². The molecule has 0 fully saturated rings. The summed E-state index contributed by atoms with van der Waals surface area (Å²) < 4.78 is 16.5. The van der Waals surface area contributed by atoms with Crippen LogP contribution in [0.25, 0.3) is 0 Å².